The van der Waals surface area contributed by atoms with Gasteiger partial charge in [0.2, 0.25) is 0 Å². The lowest BCUT2D eigenvalue weighted by Crippen LogP contribution is -2.22. The zero-order valence-electron chi connectivity index (χ0n) is 13.5. The summed E-state index contributed by atoms with van der Waals surface area (Å²) in [6.07, 6.45) is 1.84. The summed E-state index contributed by atoms with van der Waals surface area (Å²) >= 11 is 6.48. The molecule has 1 heterocycles. The number of likely N-dealkylation sites (N-methyl/N-ethyl adjacent to an activating group) is 1. The number of carbonyl (C=O) groups is 1. The maximum absolute atomic E-state index is 12.2. The molecule has 3 rings (SSSR count). The molecule has 24 heavy (non-hydrogen) atoms. The molecule has 1 fully saturated rings. The molecule has 1 aliphatic rings. The third-order valence-corrected chi connectivity index (χ3v) is 5.19. The van der Waals surface area contributed by atoms with Crippen LogP contribution < -0.4 is 4.74 Å². The highest BCUT2D eigenvalue weighted by atomic mass is 32.2. The van der Waals surface area contributed by atoms with Gasteiger partial charge in [0.05, 0.1) is 4.91 Å². The number of thioether (sulfide) groups is 1. The Balaban J connectivity index is 1.79. The number of aryl methyl sites for hydroxylation is 1. The van der Waals surface area contributed by atoms with E-state index in [4.69, 9.17) is 17.0 Å². The molecule has 0 N–H and O–H groups in total. The van der Waals surface area contributed by atoms with Crippen LogP contribution in [-0.4, -0.2) is 22.2 Å². The maximum atomic E-state index is 12.2. The molecule has 2 aromatic carbocycles. The van der Waals surface area contributed by atoms with E-state index in [1.54, 1.807) is 7.05 Å². The maximum Gasteiger partial charge on any atom is 0.265 e. The van der Waals surface area contributed by atoms with Crippen molar-refractivity contribution in [2.45, 2.75) is 13.5 Å². The molecule has 1 saturated heterocycles. The lowest BCUT2D eigenvalue weighted by molar-refractivity contribution is -0.121. The van der Waals surface area contributed by atoms with Gasteiger partial charge in [-0.05, 0) is 24.6 Å². The Kier molecular flexibility index (Phi) is 5.02. The largest absolute Gasteiger partial charge is 0.488 e. The van der Waals surface area contributed by atoms with Crippen molar-refractivity contribution in [2.75, 3.05) is 7.05 Å². The number of benzene rings is 2. The van der Waals surface area contributed by atoms with E-state index < -0.39 is 0 Å². The van der Waals surface area contributed by atoms with Crippen molar-refractivity contribution in [1.82, 2.24) is 4.90 Å². The van der Waals surface area contributed by atoms with Crippen LogP contribution in [0.1, 0.15) is 16.7 Å². The monoisotopic (exact) mass is 355 g/mol. The van der Waals surface area contributed by atoms with Crippen molar-refractivity contribution >= 4 is 40.3 Å². The van der Waals surface area contributed by atoms with Gasteiger partial charge in [0, 0.05) is 12.6 Å². The first kappa shape index (κ1) is 16.7. The number of hydrogen-bond donors (Lipinski definition) is 0. The lowest BCUT2D eigenvalue weighted by atomic mass is 10.1. The Hall–Kier alpha value is -2.11. The second-order valence-electron chi connectivity index (χ2n) is 5.55. The van der Waals surface area contributed by atoms with Gasteiger partial charge in [-0.15, -0.1) is 0 Å². The second-order valence-corrected chi connectivity index (χ2v) is 7.23. The second kappa shape index (κ2) is 7.20. The summed E-state index contributed by atoms with van der Waals surface area (Å²) < 4.78 is 6.52. The standard InChI is InChI=1S/C19H17NO2S2/c1-13-7-9-14(10-8-13)12-22-16-6-4-3-5-15(16)11-17-18(21)20(2)19(23)24-17/h3-11H,12H2,1-2H3/b17-11-. The molecule has 5 heteroatoms. The van der Waals surface area contributed by atoms with Crippen LogP contribution in [0.15, 0.2) is 53.4 Å². The van der Waals surface area contributed by atoms with Gasteiger partial charge < -0.3 is 4.74 Å². The number of amides is 1. The van der Waals surface area contributed by atoms with Crippen molar-refractivity contribution in [3.63, 3.8) is 0 Å². The summed E-state index contributed by atoms with van der Waals surface area (Å²) in [6, 6.07) is 15.9. The quantitative estimate of drug-likeness (QED) is 0.600. The fraction of sp³-hybridized carbons (Fsp3) is 0.158. The van der Waals surface area contributed by atoms with Crippen molar-refractivity contribution in [1.29, 1.82) is 0 Å². The minimum Gasteiger partial charge on any atom is -0.488 e. The first-order chi connectivity index (χ1) is 11.5. The molecule has 1 amide bonds. The van der Waals surface area contributed by atoms with Crippen LogP contribution in [0.4, 0.5) is 0 Å². The molecule has 3 nitrogen and oxygen atoms in total. The Morgan fingerprint density at radius 3 is 2.54 bits per heavy atom. The third-order valence-electron chi connectivity index (χ3n) is 3.71. The molecule has 0 aliphatic carbocycles. The van der Waals surface area contributed by atoms with E-state index in [0.29, 0.717) is 15.8 Å². The summed E-state index contributed by atoms with van der Waals surface area (Å²) in [5.74, 6) is 0.679. The van der Waals surface area contributed by atoms with Crippen LogP contribution in [0.5, 0.6) is 5.75 Å². The summed E-state index contributed by atoms with van der Waals surface area (Å²) in [4.78, 5) is 14.3. The molecule has 0 bridgehead atoms. The first-order valence-corrected chi connectivity index (χ1v) is 8.76. The number of rotatable bonds is 4. The molecule has 2 aromatic rings. The average Bonchev–Trinajstić information content (AvgIpc) is 2.82. The third kappa shape index (κ3) is 3.68. The molecular formula is C19H17NO2S2. The van der Waals surface area contributed by atoms with Crippen LogP contribution in [-0.2, 0) is 11.4 Å². The van der Waals surface area contributed by atoms with E-state index in [0.717, 1.165) is 16.9 Å². The van der Waals surface area contributed by atoms with Gasteiger partial charge >= 0.3 is 0 Å². The van der Waals surface area contributed by atoms with E-state index in [1.807, 2.05) is 30.3 Å². The Labute approximate surface area is 151 Å². The number of thiocarbonyl (C=S) groups is 1. The molecule has 0 unspecified atom stereocenters. The highest BCUT2D eigenvalue weighted by molar-refractivity contribution is 8.26. The highest BCUT2D eigenvalue weighted by Gasteiger charge is 2.28. The van der Waals surface area contributed by atoms with Crippen molar-refractivity contribution < 1.29 is 9.53 Å². The molecule has 0 spiro atoms. The van der Waals surface area contributed by atoms with Crippen molar-refractivity contribution in [3.8, 4) is 5.75 Å². The minimum atomic E-state index is -0.0710. The van der Waals surface area contributed by atoms with Gasteiger partial charge in [0.1, 0.15) is 16.7 Å². The average molecular weight is 355 g/mol. The minimum absolute atomic E-state index is 0.0710. The van der Waals surface area contributed by atoms with E-state index in [9.17, 15) is 4.79 Å². The van der Waals surface area contributed by atoms with Gasteiger partial charge in [-0.25, -0.2) is 0 Å². The Morgan fingerprint density at radius 1 is 1.17 bits per heavy atom. The molecule has 0 aromatic heterocycles. The van der Waals surface area contributed by atoms with Gasteiger partial charge in [-0.2, -0.15) is 0 Å². The summed E-state index contributed by atoms with van der Waals surface area (Å²) in [6.45, 7) is 2.55. The molecule has 0 atom stereocenters. The SMILES string of the molecule is Cc1ccc(COc2ccccc2/C=C2\SC(=S)N(C)C2=O)cc1. The van der Waals surface area contributed by atoms with Crippen LogP contribution in [0, 0.1) is 6.92 Å². The topological polar surface area (TPSA) is 29.5 Å². The van der Waals surface area contributed by atoms with E-state index >= 15 is 0 Å². The predicted octanol–water partition coefficient (Wildman–Crippen LogP) is 4.41. The zero-order chi connectivity index (χ0) is 17.1. The fourth-order valence-corrected chi connectivity index (χ4v) is 3.43. The van der Waals surface area contributed by atoms with Gasteiger partial charge in [-0.3, -0.25) is 9.69 Å². The normalized spacial score (nSPS) is 16.1. The number of para-hydroxylation sites is 1. The highest BCUT2D eigenvalue weighted by Crippen LogP contribution is 2.33. The van der Waals surface area contributed by atoms with Crippen LogP contribution in [0.25, 0.3) is 6.08 Å². The lowest BCUT2D eigenvalue weighted by Gasteiger charge is -2.10. The van der Waals surface area contributed by atoms with Crippen LogP contribution in [0.3, 0.4) is 0 Å². The van der Waals surface area contributed by atoms with Crippen LogP contribution >= 0.6 is 24.0 Å². The van der Waals surface area contributed by atoms with E-state index in [1.165, 1.54) is 22.2 Å². The molecule has 1 aliphatic heterocycles. The first-order valence-electron chi connectivity index (χ1n) is 7.53. The number of nitrogens with zero attached hydrogens (tertiary/aromatic N) is 1. The summed E-state index contributed by atoms with van der Waals surface area (Å²) in [5, 5.41) is 0. The van der Waals surface area contributed by atoms with Gasteiger partial charge in [0.15, 0.2) is 0 Å². The molecule has 0 saturated carbocycles. The molecular weight excluding hydrogens is 338 g/mol. The zero-order valence-corrected chi connectivity index (χ0v) is 15.1. The predicted molar refractivity (Wildman–Crippen MR) is 103 cm³/mol. The number of hydrogen-bond acceptors (Lipinski definition) is 4. The van der Waals surface area contributed by atoms with Crippen molar-refractivity contribution in [2.24, 2.45) is 0 Å². The summed E-state index contributed by atoms with van der Waals surface area (Å²) in [5.41, 5.74) is 3.20. The Morgan fingerprint density at radius 2 is 1.88 bits per heavy atom. The molecule has 122 valence electrons. The van der Waals surface area contributed by atoms with E-state index in [-0.39, 0.29) is 5.91 Å². The van der Waals surface area contributed by atoms with Crippen LogP contribution in [0.2, 0.25) is 0 Å². The smallest absolute Gasteiger partial charge is 0.265 e. The van der Waals surface area contributed by atoms with E-state index in [2.05, 4.69) is 31.2 Å². The number of carbonyl (C=O) groups excluding carboxylic acids is 1. The summed E-state index contributed by atoms with van der Waals surface area (Å²) in [7, 11) is 1.69. The van der Waals surface area contributed by atoms with Crippen molar-refractivity contribution in [3.05, 3.63) is 70.1 Å². The molecule has 0 radical (unpaired) electrons. The number of ether oxygens (including phenoxy) is 1. The van der Waals surface area contributed by atoms with Gasteiger partial charge in [0.25, 0.3) is 5.91 Å². The fourth-order valence-electron chi connectivity index (χ4n) is 2.26. The Bertz CT molecular complexity index is 812. The van der Waals surface area contributed by atoms with Gasteiger partial charge in [-0.1, -0.05) is 72.0 Å².